The van der Waals surface area contributed by atoms with Crippen molar-refractivity contribution >= 4 is 40.8 Å². The summed E-state index contributed by atoms with van der Waals surface area (Å²) >= 11 is 12.1. The molecule has 0 saturated carbocycles. The second kappa shape index (κ2) is 7.24. The number of halogens is 2. The van der Waals surface area contributed by atoms with E-state index in [2.05, 4.69) is 16.3 Å². The molecule has 2 aromatic rings. The summed E-state index contributed by atoms with van der Waals surface area (Å²) in [6, 6.07) is 6.57. The van der Waals surface area contributed by atoms with Crippen LogP contribution in [0.2, 0.25) is 10.0 Å². The third-order valence-corrected chi connectivity index (χ3v) is 4.80. The molecule has 140 valence electrons. The second-order valence-electron chi connectivity index (χ2n) is 6.29. The molecule has 0 aliphatic carbocycles. The topological polar surface area (TPSA) is 87.5 Å². The van der Waals surface area contributed by atoms with E-state index in [0.29, 0.717) is 21.4 Å². The maximum atomic E-state index is 12.3. The van der Waals surface area contributed by atoms with Gasteiger partial charge in [-0.15, -0.1) is 11.5 Å². The third kappa shape index (κ3) is 3.93. The highest BCUT2D eigenvalue weighted by Crippen LogP contribution is 2.26. The van der Waals surface area contributed by atoms with Gasteiger partial charge in [0.05, 0.1) is 17.3 Å². The van der Waals surface area contributed by atoms with Gasteiger partial charge in [-0.05, 0) is 25.1 Å². The maximum absolute atomic E-state index is 12.3. The Bertz CT molecular complexity index is 966. The molecule has 3 rings (SSSR count). The summed E-state index contributed by atoms with van der Waals surface area (Å²) in [6.07, 6.45) is 5.48. The van der Waals surface area contributed by atoms with Gasteiger partial charge >= 0.3 is 11.8 Å². The fraction of sp³-hybridized carbons (Fsp3) is 0.278. The van der Waals surface area contributed by atoms with E-state index in [4.69, 9.17) is 29.6 Å². The predicted molar refractivity (Wildman–Crippen MR) is 102 cm³/mol. The van der Waals surface area contributed by atoms with Crippen LogP contribution in [-0.4, -0.2) is 50.3 Å². The Morgan fingerprint density at radius 1 is 1.37 bits per heavy atom. The zero-order valence-corrected chi connectivity index (χ0v) is 15.9. The molecule has 7 nitrogen and oxygen atoms in total. The third-order valence-electron chi connectivity index (χ3n) is 4.26. The Kier molecular flexibility index (Phi) is 5.16. The van der Waals surface area contributed by atoms with E-state index in [1.54, 1.807) is 31.2 Å². The Morgan fingerprint density at radius 3 is 2.74 bits per heavy atom. The number of aryl methyl sites for hydroxylation is 1. The van der Waals surface area contributed by atoms with Gasteiger partial charge in [0, 0.05) is 29.7 Å². The lowest BCUT2D eigenvalue weighted by Crippen LogP contribution is -2.41. The molecule has 1 aromatic heterocycles. The zero-order valence-electron chi connectivity index (χ0n) is 14.4. The number of carbonyl (C=O) groups is 2. The Morgan fingerprint density at radius 2 is 2.11 bits per heavy atom. The second-order valence-corrected chi connectivity index (χ2v) is 7.13. The predicted octanol–water partition coefficient (Wildman–Crippen LogP) is 2.02. The highest BCUT2D eigenvalue weighted by molar-refractivity contribution is 6.39. The minimum atomic E-state index is -1.39. The van der Waals surface area contributed by atoms with Crippen molar-refractivity contribution in [3.8, 4) is 18.0 Å². The molecular weight excluding hydrogens is 391 g/mol. The van der Waals surface area contributed by atoms with Crippen molar-refractivity contribution in [3.05, 3.63) is 40.0 Å². The first-order valence-corrected chi connectivity index (χ1v) is 8.80. The number of anilines is 1. The van der Waals surface area contributed by atoms with Gasteiger partial charge in [-0.3, -0.25) is 9.59 Å². The average Bonchev–Trinajstić information content (AvgIpc) is 3.18. The van der Waals surface area contributed by atoms with Crippen LogP contribution in [0, 0.1) is 19.3 Å². The highest BCUT2D eigenvalue weighted by atomic mass is 35.5. The Hall–Kier alpha value is -2.53. The van der Waals surface area contributed by atoms with Crippen LogP contribution >= 0.6 is 23.2 Å². The van der Waals surface area contributed by atoms with Crippen LogP contribution in [0.4, 0.5) is 5.82 Å². The maximum Gasteiger partial charge on any atom is 0.315 e. The summed E-state index contributed by atoms with van der Waals surface area (Å²) in [5.41, 5.74) is -0.103. The monoisotopic (exact) mass is 406 g/mol. The van der Waals surface area contributed by atoms with Crippen LogP contribution in [-0.2, 0) is 9.59 Å². The molecule has 0 spiro atoms. The number of carbonyl (C=O) groups excluding carboxylic acids is 2. The smallest absolute Gasteiger partial charge is 0.315 e. The summed E-state index contributed by atoms with van der Waals surface area (Å²) in [5.74, 6) is 0.804. The number of β-amino-alcohol motifs (C(OH)–C–C–N with tert-alkyl or cyclic N) is 1. The van der Waals surface area contributed by atoms with Gasteiger partial charge < -0.3 is 15.3 Å². The van der Waals surface area contributed by atoms with Crippen molar-refractivity contribution in [2.45, 2.75) is 18.9 Å². The lowest BCUT2D eigenvalue weighted by Gasteiger charge is -2.17. The van der Waals surface area contributed by atoms with E-state index < -0.39 is 17.4 Å². The summed E-state index contributed by atoms with van der Waals surface area (Å²) < 4.78 is 1.53. The number of benzene rings is 1. The summed E-state index contributed by atoms with van der Waals surface area (Å²) in [5, 5.41) is 17.6. The fourth-order valence-electron chi connectivity index (χ4n) is 2.83. The first-order chi connectivity index (χ1) is 12.7. The van der Waals surface area contributed by atoms with E-state index in [1.807, 2.05) is 0 Å². The number of nitrogens with one attached hydrogen (secondary N) is 1. The molecule has 2 amide bonds. The number of hydrogen-bond acceptors (Lipinski definition) is 4. The number of aromatic nitrogens is 2. The normalized spacial score (nSPS) is 19.0. The molecule has 1 fully saturated rings. The van der Waals surface area contributed by atoms with Crippen LogP contribution in [0.5, 0.6) is 0 Å². The lowest BCUT2D eigenvalue weighted by atomic mass is 10.1. The number of rotatable bonds is 2. The molecule has 27 heavy (non-hydrogen) atoms. The van der Waals surface area contributed by atoms with Crippen molar-refractivity contribution in [1.82, 2.24) is 14.7 Å². The molecule has 9 heteroatoms. The van der Waals surface area contributed by atoms with Gasteiger partial charge in [0.15, 0.2) is 5.82 Å². The van der Waals surface area contributed by atoms with Gasteiger partial charge in [-0.1, -0.05) is 29.1 Å². The zero-order chi connectivity index (χ0) is 19.8. The van der Waals surface area contributed by atoms with Crippen molar-refractivity contribution < 1.29 is 14.7 Å². The van der Waals surface area contributed by atoms with Crippen molar-refractivity contribution in [3.63, 3.8) is 0 Å². The summed E-state index contributed by atoms with van der Waals surface area (Å²) in [6.45, 7) is 1.91. The van der Waals surface area contributed by atoms with E-state index >= 15 is 0 Å². The number of likely N-dealkylation sites (tertiary alicyclic amines) is 1. The van der Waals surface area contributed by atoms with Gasteiger partial charge in [-0.2, -0.15) is 0 Å². The number of terminal acetylenes is 1. The number of nitrogens with zero attached hydrogens (tertiary/aromatic N) is 3. The van der Waals surface area contributed by atoms with E-state index in [9.17, 15) is 14.7 Å². The van der Waals surface area contributed by atoms with Crippen molar-refractivity contribution in [2.75, 3.05) is 18.4 Å². The minimum Gasteiger partial charge on any atom is -0.376 e. The molecule has 1 unspecified atom stereocenters. The molecule has 0 radical (unpaired) electrons. The van der Waals surface area contributed by atoms with Crippen LogP contribution in [0.15, 0.2) is 24.3 Å². The highest BCUT2D eigenvalue weighted by Gasteiger charge is 2.38. The summed E-state index contributed by atoms with van der Waals surface area (Å²) in [7, 11) is 0. The SMILES string of the molecule is C#CC1(O)CCN(C(=O)C(=O)Nc2cc(C)n(-c3ccc(Cl)cc3Cl)n2)C1. The molecule has 2 heterocycles. The van der Waals surface area contributed by atoms with Gasteiger partial charge in [0.2, 0.25) is 0 Å². The first kappa shape index (κ1) is 19.2. The molecule has 1 aromatic carbocycles. The van der Waals surface area contributed by atoms with Crippen LogP contribution in [0.3, 0.4) is 0 Å². The molecule has 1 aliphatic heterocycles. The molecule has 2 N–H and O–H groups in total. The van der Waals surface area contributed by atoms with Crippen molar-refractivity contribution in [1.29, 1.82) is 0 Å². The average molecular weight is 407 g/mol. The van der Waals surface area contributed by atoms with Crippen LogP contribution in [0.1, 0.15) is 12.1 Å². The van der Waals surface area contributed by atoms with E-state index in [-0.39, 0.29) is 25.3 Å². The molecule has 0 bridgehead atoms. The van der Waals surface area contributed by atoms with E-state index in [0.717, 1.165) is 0 Å². The molecule has 1 saturated heterocycles. The fourth-order valence-corrected chi connectivity index (χ4v) is 3.32. The lowest BCUT2D eigenvalue weighted by molar-refractivity contribution is -0.142. The Balaban J connectivity index is 1.74. The van der Waals surface area contributed by atoms with Gasteiger partial charge in [0.1, 0.15) is 5.60 Å². The van der Waals surface area contributed by atoms with Crippen LogP contribution in [0.25, 0.3) is 5.69 Å². The van der Waals surface area contributed by atoms with Crippen LogP contribution < -0.4 is 5.32 Å². The molecular formula is C18H16Cl2N4O3. The molecule has 1 aliphatic rings. The molecule has 1 atom stereocenters. The largest absolute Gasteiger partial charge is 0.376 e. The number of aliphatic hydroxyl groups is 1. The first-order valence-electron chi connectivity index (χ1n) is 8.05. The minimum absolute atomic E-state index is 0.0798. The van der Waals surface area contributed by atoms with Crippen molar-refractivity contribution in [2.24, 2.45) is 0 Å². The quantitative estimate of drug-likeness (QED) is 0.589. The van der Waals surface area contributed by atoms with Gasteiger partial charge in [-0.25, -0.2) is 4.68 Å². The standard InChI is InChI=1S/C18H16Cl2N4O3/c1-3-18(27)6-7-23(10-18)17(26)16(25)21-15-8-11(2)24(22-15)14-5-4-12(19)9-13(14)20/h1,4-5,8-9,27H,6-7,10H2,2H3,(H,21,22,25). The summed E-state index contributed by atoms with van der Waals surface area (Å²) in [4.78, 5) is 25.7. The number of amides is 2. The number of hydrogen-bond donors (Lipinski definition) is 2. The van der Waals surface area contributed by atoms with E-state index in [1.165, 1.54) is 9.58 Å². The van der Waals surface area contributed by atoms with Gasteiger partial charge in [0.25, 0.3) is 0 Å². The Labute approximate surface area is 165 Å².